The predicted molar refractivity (Wildman–Crippen MR) is 80.2 cm³/mol. The molecule has 1 aromatic rings. The van der Waals surface area contributed by atoms with Crippen molar-refractivity contribution in [3.05, 3.63) is 34.3 Å². The van der Waals surface area contributed by atoms with Crippen LogP contribution in [0, 0.1) is 5.92 Å². The van der Waals surface area contributed by atoms with Crippen molar-refractivity contribution < 1.29 is 4.74 Å². The third kappa shape index (κ3) is 4.25. The topological polar surface area (TPSA) is 9.23 Å². The van der Waals surface area contributed by atoms with Gasteiger partial charge in [0.25, 0.3) is 0 Å². The minimum Gasteiger partial charge on any atom is -0.375 e. The van der Waals surface area contributed by atoms with Crippen LogP contribution in [0.2, 0.25) is 0 Å². The molecule has 0 N–H and O–H groups in total. The fourth-order valence-corrected chi connectivity index (χ4v) is 3.31. The van der Waals surface area contributed by atoms with E-state index in [2.05, 4.69) is 47.1 Å². The summed E-state index contributed by atoms with van der Waals surface area (Å²) in [7, 11) is 0. The molecular weight excluding hydrogens is 312 g/mol. The summed E-state index contributed by atoms with van der Waals surface area (Å²) in [4.78, 5) is 0. The van der Waals surface area contributed by atoms with Crippen LogP contribution in [0.3, 0.4) is 0 Å². The number of ether oxygens (including phenoxy) is 1. The van der Waals surface area contributed by atoms with Crippen molar-refractivity contribution in [2.75, 3.05) is 5.88 Å². The SMILES string of the molecule is CC1CCC(CC(CCl)Cc2cccc(Br)c2)O1. The molecule has 1 nitrogen and oxygen atoms in total. The maximum atomic E-state index is 6.10. The third-order valence-corrected chi connectivity index (χ3v) is 4.48. The minimum absolute atomic E-state index is 0.413. The Morgan fingerprint density at radius 1 is 1.44 bits per heavy atom. The molecule has 1 saturated heterocycles. The Hall–Kier alpha value is -0.0500. The fraction of sp³-hybridized carbons (Fsp3) is 0.600. The Morgan fingerprint density at radius 2 is 2.28 bits per heavy atom. The van der Waals surface area contributed by atoms with Crippen molar-refractivity contribution in [1.29, 1.82) is 0 Å². The molecule has 0 radical (unpaired) electrons. The molecule has 1 heterocycles. The van der Waals surface area contributed by atoms with Gasteiger partial charge in [0, 0.05) is 10.4 Å². The van der Waals surface area contributed by atoms with Gasteiger partial charge in [-0.2, -0.15) is 0 Å². The normalized spacial score (nSPS) is 25.3. The van der Waals surface area contributed by atoms with Crippen molar-refractivity contribution in [2.45, 2.75) is 44.8 Å². The van der Waals surface area contributed by atoms with Crippen LogP contribution in [-0.4, -0.2) is 18.1 Å². The Balaban J connectivity index is 1.89. The molecule has 0 aromatic heterocycles. The zero-order valence-electron chi connectivity index (χ0n) is 10.7. The summed E-state index contributed by atoms with van der Waals surface area (Å²) < 4.78 is 7.03. The monoisotopic (exact) mass is 330 g/mol. The highest BCUT2D eigenvalue weighted by Crippen LogP contribution is 2.27. The first-order valence-electron chi connectivity index (χ1n) is 6.63. The van der Waals surface area contributed by atoms with E-state index >= 15 is 0 Å². The van der Waals surface area contributed by atoms with Gasteiger partial charge in [-0.1, -0.05) is 28.1 Å². The molecule has 3 heteroatoms. The van der Waals surface area contributed by atoms with E-state index in [4.69, 9.17) is 16.3 Å². The van der Waals surface area contributed by atoms with Crippen LogP contribution in [0.15, 0.2) is 28.7 Å². The van der Waals surface area contributed by atoms with Crippen LogP contribution >= 0.6 is 27.5 Å². The lowest BCUT2D eigenvalue weighted by Gasteiger charge is -2.19. The molecule has 0 saturated carbocycles. The molecule has 3 unspecified atom stereocenters. The van der Waals surface area contributed by atoms with E-state index < -0.39 is 0 Å². The maximum Gasteiger partial charge on any atom is 0.0582 e. The number of hydrogen-bond acceptors (Lipinski definition) is 1. The zero-order valence-corrected chi connectivity index (χ0v) is 13.1. The Morgan fingerprint density at radius 3 is 2.89 bits per heavy atom. The molecule has 1 fully saturated rings. The van der Waals surface area contributed by atoms with Crippen molar-refractivity contribution in [1.82, 2.24) is 0 Å². The van der Waals surface area contributed by atoms with Crippen molar-refractivity contribution in [3.8, 4) is 0 Å². The highest BCUT2D eigenvalue weighted by molar-refractivity contribution is 9.10. The Bertz CT molecular complexity index is 383. The highest BCUT2D eigenvalue weighted by Gasteiger charge is 2.24. The first-order valence-corrected chi connectivity index (χ1v) is 7.96. The van der Waals surface area contributed by atoms with Gasteiger partial charge in [-0.05, 0) is 56.2 Å². The van der Waals surface area contributed by atoms with Gasteiger partial charge in [0.15, 0.2) is 0 Å². The molecule has 1 aliphatic rings. The third-order valence-electron chi connectivity index (χ3n) is 3.55. The second-order valence-corrected chi connectivity index (χ2v) is 6.46. The zero-order chi connectivity index (χ0) is 13.0. The van der Waals surface area contributed by atoms with Gasteiger partial charge in [-0.25, -0.2) is 0 Å². The van der Waals surface area contributed by atoms with Gasteiger partial charge >= 0.3 is 0 Å². The Kier molecular flexibility index (Phi) is 5.53. The van der Waals surface area contributed by atoms with Crippen LogP contribution in [-0.2, 0) is 11.2 Å². The summed E-state index contributed by atoms with van der Waals surface area (Å²) in [5, 5.41) is 0. The predicted octanol–water partition coefficient (Wildman–Crippen LogP) is 4.80. The molecule has 0 aliphatic carbocycles. The lowest BCUT2D eigenvalue weighted by atomic mass is 9.94. The summed E-state index contributed by atoms with van der Waals surface area (Å²) in [6.07, 6.45) is 5.34. The summed E-state index contributed by atoms with van der Waals surface area (Å²) in [6.45, 7) is 2.16. The highest BCUT2D eigenvalue weighted by atomic mass is 79.9. The first kappa shape index (κ1) is 14.4. The van der Waals surface area contributed by atoms with Crippen LogP contribution in [0.1, 0.15) is 31.7 Å². The lowest BCUT2D eigenvalue weighted by molar-refractivity contribution is 0.0426. The average molecular weight is 332 g/mol. The molecule has 0 spiro atoms. The summed E-state index contributed by atoms with van der Waals surface area (Å²) in [5.74, 6) is 1.22. The molecule has 0 amide bonds. The molecule has 1 aromatic carbocycles. The molecular formula is C15H20BrClO. The van der Waals surface area contributed by atoms with Crippen LogP contribution in [0.5, 0.6) is 0 Å². The largest absolute Gasteiger partial charge is 0.375 e. The fourth-order valence-electron chi connectivity index (χ4n) is 2.63. The van der Waals surface area contributed by atoms with E-state index in [0.29, 0.717) is 24.0 Å². The standard InChI is InChI=1S/C15H20BrClO/c1-11-5-6-15(18-11)9-13(10-17)7-12-3-2-4-14(16)8-12/h2-4,8,11,13,15H,5-7,9-10H2,1H3. The van der Waals surface area contributed by atoms with Crippen molar-refractivity contribution >= 4 is 27.5 Å². The number of hydrogen-bond donors (Lipinski definition) is 0. The number of benzene rings is 1. The quantitative estimate of drug-likeness (QED) is 0.704. The van der Waals surface area contributed by atoms with Gasteiger partial charge < -0.3 is 4.74 Å². The van der Waals surface area contributed by atoms with E-state index in [9.17, 15) is 0 Å². The van der Waals surface area contributed by atoms with Crippen LogP contribution < -0.4 is 0 Å². The van der Waals surface area contributed by atoms with Gasteiger partial charge in [0.05, 0.1) is 12.2 Å². The van der Waals surface area contributed by atoms with E-state index in [-0.39, 0.29) is 0 Å². The summed E-state index contributed by atoms with van der Waals surface area (Å²) >= 11 is 9.62. The van der Waals surface area contributed by atoms with E-state index in [1.165, 1.54) is 18.4 Å². The second kappa shape index (κ2) is 6.93. The maximum absolute atomic E-state index is 6.10. The number of alkyl halides is 1. The summed E-state index contributed by atoms with van der Waals surface area (Å²) in [5.41, 5.74) is 1.35. The second-order valence-electron chi connectivity index (χ2n) is 5.24. The van der Waals surface area contributed by atoms with Gasteiger partial charge in [0.2, 0.25) is 0 Å². The number of halogens is 2. The van der Waals surface area contributed by atoms with Crippen molar-refractivity contribution in [2.24, 2.45) is 5.92 Å². The Labute approximate surface area is 123 Å². The smallest absolute Gasteiger partial charge is 0.0582 e. The molecule has 18 heavy (non-hydrogen) atoms. The van der Waals surface area contributed by atoms with Crippen LogP contribution in [0.25, 0.3) is 0 Å². The first-order chi connectivity index (χ1) is 8.67. The average Bonchev–Trinajstić information content (AvgIpc) is 2.74. The molecule has 100 valence electrons. The van der Waals surface area contributed by atoms with Crippen molar-refractivity contribution in [3.63, 3.8) is 0 Å². The van der Waals surface area contributed by atoms with Gasteiger partial charge in [-0.15, -0.1) is 11.6 Å². The summed E-state index contributed by atoms with van der Waals surface area (Å²) in [6, 6.07) is 8.49. The minimum atomic E-state index is 0.413. The molecule has 1 aliphatic heterocycles. The van der Waals surface area contributed by atoms with Gasteiger partial charge in [0.1, 0.15) is 0 Å². The molecule has 2 rings (SSSR count). The van der Waals surface area contributed by atoms with E-state index in [1.54, 1.807) is 0 Å². The lowest BCUT2D eigenvalue weighted by Crippen LogP contribution is -2.17. The van der Waals surface area contributed by atoms with E-state index in [0.717, 1.165) is 17.3 Å². The number of rotatable bonds is 5. The van der Waals surface area contributed by atoms with Gasteiger partial charge in [-0.3, -0.25) is 0 Å². The molecule has 3 atom stereocenters. The van der Waals surface area contributed by atoms with E-state index in [1.807, 2.05) is 0 Å². The van der Waals surface area contributed by atoms with Crippen LogP contribution in [0.4, 0.5) is 0 Å². The molecule has 0 bridgehead atoms.